The summed E-state index contributed by atoms with van der Waals surface area (Å²) < 4.78 is 10.6. The third kappa shape index (κ3) is 3.23. The van der Waals surface area contributed by atoms with E-state index in [-0.39, 0.29) is 12.8 Å². The maximum Gasteiger partial charge on any atom is 0.344 e. The first-order valence-electron chi connectivity index (χ1n) is 8.26. The Morgan fingerprint density at radius 1 is 1.04 bits per heavy atom. The summed E-state index contributed by atoms with van der Waals surface area (Å²) >= 11 is 3.39. The molecule has 1 aliphatic heterocycles. The van der Waals surface area contributed by atoms with Gasteiger partial charge in [0.15, 0.2) is 0 Å². The normalized spacial score (nSPS) is 14.4. The van der Waals surface area contributed by atoms with Crippen molar-refractivity contribution in [2.24, 2.45) is 0 Å². The van der Waals surface area contributed by atoms with E-state index in [4.69, 9.17) is 9.47 Å². The van der Waals surface area contributed by atoms with Crippen molar-refractivity contribution in [3.8, 4) is 0 Å². The highest BCUT2D eigenvalue weighted by Gasteiger charge is 2.60. The smallest absolute Gasteiger partial charge is 0.344 e. The van der Waals surface area contributed by atoms with Crippen molar-refractivity contribution in [2.45, 2.75) is 18.4 Å². The van der Waals surface area contributed by atoms with Gasteiger partial charge in [0.1, 0.15) is 0 Å². The van der Waals surface area contributed by atoms with Crippen LogP contribution in [0.4, 0.5) is 5.69 Å². The molecule has 0 saturated heterocycles. The number of carbonyl (C=O) groups is 3. The van der Waals surface area contributed by atoms with Gasteiger partial charge in [0.2, 0.25) is 11.4 Å². The number of methoxy groups -OCH3 is 2. The van der Waals surface area contributed by atoms with Crippen LogP contribution in [0, 0.1) is 0 Å². The van der Waals surface area contributed by atoms with Gasteiger partial charge in [-0.3, -0.25) is 9.69 Å². The van der Waals surface area contributed by atoms with Crippen LogP contribution in [0.3, 0.4) is 0 Å². The maximum atomic E-state index is 13.2. The number of carbonyl (C=O) groups excluding carboxylic acids is 3. The number of benzene rings is 2. The Balaban J connectivity index is 2.13. The van der Waals surface area contributed by atoms with E-state index in [9.17, 15) is 14.4 Å². The van der Waals surface area contributed by atoms with E-state index in [1.807, 2.05) is 30.3 Å². The second-order valence-electron chi connectivity index (χ2n) is 6.18. The first kappa shape index (κ1) is 19.1. The molecule has 0 saturated carbocycles. The van der Waals surface area contributed by atoms with Crippen LogP contribution in [0.2, 0.25) is 0 Å². The minimum absolute atomic E-state index is 0.0123. The van der Waals surface area contributed by atoms with Crippen molar-refractivity contribution in [1.82, 2.24) is 0 Å². The molecule has 27 heavy (non-hydrogen) atoms. The van der Waals surface area contributed by atoms with E-state index in [0.29, 0.717) is 11.3 Å². The summed E-state index contributed by atoms with van der Waals surface area (Å²) in [6, 6.07) is 14.4. The van der Waals surface area contributed by atoms with Gasteiger partial charge in [-0.2, -0.15) is 0 Å². The summed E-state index contributed by atoms with van der Waals surface area (Å²) in [6.45, 7) is 0. The van der Waals surface area contributed by atoms with Crippen LogP contribution >= 0.6 is 15.9 Å². The lowest BCUT2D eigenvalue weighted by molar-refractivity contribution is -0.162. The van der Waals surface area contributed by atoms with Gasteiger partial charge in [-0.05, 0) is 29.3 Å². The molecule has 0 fully saturated rings. The number of fused-ring (bicyclic) bond motifs is 1. The molecule has 6 nitrogen and oxygen atoms in total. The Labute approximate surface area is 165 Å². The third-order valence-corrected chi connectivity index (χ3v) is 5.10. The van der Waals surface area contributed by atoms with Crippen LogP contribution in [0.25, 0.3) is 0 Å². The van der Waals surface area contributed by atoms with Crippen LogP contribution in [0.1, 0.15) is 11.1 Å². The van der Waals surface area contributed by atoms with E-state index in [0.717, 1.165) is 10.0 Å². The number of amides is 1. The standard InChI is InChI=1S/C20H18BrNO5/c1-26-18(24)20(19(25)27-2)12-14-11-15(21)8-9-16(14)22(20)17(23)10-13-6-4-3-5-7-13/h3-9,11H,10,12H2,1-2H3. The zero-order valence-electron chi connectivity index (χ0n) is 14.9. The zero-order chi connectivity index (χ0) is 19.6. The summed E-state index contributed by atoms with van der Waals surface area (Å²) in [5.41, 5.74) is 0.0755. The lowest BCUT2D eigenvalue weighted by atomic mass is 9.93. The highest BCUT2D eigenvalue weighted by atomic mass is 79.9. The van der Waals surface area contributed by atoms with Gasteiger partial charge in [-0.15, -0.1) is 0 Å². The van der Waals surface area contributed by atoms with Gasteiger partial charge >= 0.3 is 11.9 Å². The Kier molecular flexibility index (Phi) is 5.32. The van der Waals surface area contributed by atoms with Gasteiger partial charge in [-0.1, -0.05) is 46.3 Å². The Hall–Kier alpha value is -2.67. The van der Waals surface area contributed by atoms with Crippen LogP contribution < -0.4 is 4.90 Å². The van der Waals surface area contributed by atoms with Crippen LogP contribution in [0.15, 0.2) is 53.0 Å². The summed E-state index contributed by atoms with van der Waals surface area (Å²) in [5.74, 6) is -2.05. The lowest BCUT2D eigenvalue weighted by Gasteiger charge is -2.33. The monoisotopic (exact) mass is 431 g/mol. The molecule has 0 atom stereocenters. The Bertz CT molecular complexity index is 881. The number of hydrogen-bond donors (Lipinski definition) is 0. The van der Waals surface area contributed by atoms with Crippen molar-refractivity contribution in [3.05, 3.63) is 64.1 Å². The molecule has 140 valence electrons. The maximum absolute atomic E-state index is 13.2. The van der Waals surface area contributed by atoms with Crippen molar-refractivity contribution in [3.63, 3.8) is 0 Å². The molecular formula is C20H18BrNO5. The molecule has 1 amide bonds. The molecule has 0 aromatic heterocycles. The molecule has 0 bridgehead atoms. The fourth-order valence-corrected chi connectivity index (χ4v) is 3.83. The molecule has 1 aliphatic rings. The molecule has 0 radical (unpaired) electrons. The van der Waals surface area contributed by atoms with E-state index in [2.05, 4.69) is 15.9 Å². The average Bonchev–Trinajstić information content (AvgIpc) is 3.02. The van der Waals surface area contributed by atoms with Crippen molar-refractivity contribution >= 4 is 39.5 Å². The first-order valence-corrected chi connectivity index (χ1v) is 9.05. The van der Waals surface area contributed by atoms with Crippen molar-refractivity contribution in [2.75, 3.05) is 19.1 Å². The molecule has 0 spiro atoms. The first-order chi connectivity index (χ1) is 12.9. The zero-order valence-corrected chi connectivity index (χ0v) is 16.5. The van der Waals surface area contributed by atoms with E-state index < -0.39 is 23.4 Å². The van der Waals surface area contributed by atoms with Crippen LogP contribution in [-0.4, -0.2) is 37.6 Å². The van der Waals surface area contributed by atoms with E-state index in [1.165, 1.54) is 19.1 Å². The van der Waals surface area contributed by atoms with Crippen molar-refractivity contribution in [1.29, 1.82) is 0 Å². The van der Waals surface area contributed by atoms with Gasteiger partial charge in [-0.25, -0.2) is 9.59 Å². The van der Waals surface area contributed by atoms with E-state index >= 15 is 0 Å². The fourth-order valence-electron chi connectivity index (χ4n) is 3.42. The molecule has 1 heterocycles. The SMILES string of the molecule is COC(=O)C1(C(=O)OC)Cc2cc(Br)ccc2N1C(=O)Cc1ccccc1. The molecule has 0 aliphatic carbocycles. The van der Waals surface area contributed by atoms with Crippen molar-refractivity contribution < 1.29 is 23.9 Å². The van der Waals surface area contributed by atoms with Gasteiger partial charge in [0.25, 0.3) is 0 Å². The van der Waals surface area contributed by atoms with Crippen LogP contribution in [-0.2, 0) is 36.7 Å². The molecule has 7 heteroatoms. The summed E-state index contributed by atoms with van der Waals surface area (Å²) in [5, 5.41) is 0. The van der Waals surface area contributed by atoms with Gasteiger partial charge in [0.05, 0.1) is 20.6 Å². The molecule has 0 N–H and O–H groups in total. The highest BCUT2D eigenvalue weighted by Crippen LogP contribution is 2.42. The lowest BCUT2D eigenvalue weighted by Crippen LogP contribution is -2.62. The summed E-state index contributed by atoms with van der Waals surface area (Å²) in [7, 11) is 2.37. The minimum atomic E-state index is -1.88. The molecule has 3 rings (SSSR count). The van der Waals surface area contributed by atoms with Gasteiger partial charge < -0.3 is 9.47 Å². The number of ether oxygens (including phenoxy) is 2. The predicted molar refractivity (Wildman–Crippen MR) is 102 cm³/mol. The highest BCUT2D eigenvalue weighted by molar-refractivity contribution is 9.10. The minimum Gasteiger partial charge on any atom is -0.467 e. The Morgan fingerprint density at radius 2 is 1.67 bits per heavy atom. The number of rotatable bonds is 4. The largest absolute Gasteiger partial charge is 0.467 e. The molecule has 2 aromatic rings. The molecule has 0 unspecified atom stereocenters. The summed E-state index contributed by atoms with van der Waals surface area (Å²) in [4.78, 5) is 39.9. The summed E-state index contributed by atoms with van der Waals surface area (Å²) in [6.07, 6.45) is 0.0216. The number of hydrogen-bond acceptors (Lipinski definition) is 5. The number of anilines is 1. The van der Waals surface area contributed by atoms with E-state index in [1.54, 1.807) is 18.2 Å². The fraction of sp³-hybridized carbons (Fsp3) is 0.250. The number of halogens is 1. The second kappa shape index (κ2) is 7.52. The number of esters is 2. The molecular weight excluding hydrogens is 414 g/mol. The van der Waals surface area contributed by atoms with Gasteiger partial charge in [0, 0.05) is 16.6 Å². The predicted octanol–water partition coefficient (Wildman–Crippen LogP) is 2.67. The topological polar surface area (TPSA) is 72.9 Å². The number of nitrogens with zero attached hydrogens (tertiary/aromatic N) is 1. The third-order valence-electron chi connectivity index (χ3n) is 4.60. The average molecular weight is 432 g/mol. The second-order valence-corrected chi connectivity index (χ2v) is 7.10. The molecule has 2 aromatic carbocycles. The quantitative estimate of drug-likeness (QED) is 0.549. The van der Waals surface area contributed by atoms with Crippen LogP contribution in [0.5, 0.6) is 0 Å². The Morgan fingerprint density at radius 3 is 2.26 bits per heavy atom.